The molecule has 5 heteroatoms. The van der Waals surface area contributed by atoms with Gasteiger partial charge in [0.1, 0.15) is 5.01 Å². The number of thioether (sulfide) groups is 2. The van der Waals surface area contributed by atoms with Crippen LogP contribution in [0.4, 0.5) is 0 Å². The van der Waals surface area contributed by atoms with Crippen molar-refractivity contribution < 1.29 is 0 Å². The molecule has 1 N–H and O–H groups in total. The highest BCUT2D eigenvalue weighted by Crippen LogP contribution is 2.44. The Morgan fingerprint density at radius 3 is 2.48 bits per heavy atom. The minimum Gasteiger partial charge on any atom is -0.307 e. The van der Waals surface area contributed by atoms with E-state index < -0.39 is 0 Å². The van der Waals surface area contributed by atoms with Gasteiger partial charge in [-0.3, -0.25) is 0 Å². The molecule has 0 aliphatic carbocycles. The molecule has 0 radical (unpaired) electrons. The van der Waals surface area contributed by atoms with E-state index in [1.165, 1.54) is 27.1 Å². The van der Waals surface area contributed by atoms with Crippen molar-refractivity contribution in [1.29, 1.82) is 0 Å². The lowest BCUT2D eigenvalue weighted by Crippen LogP contribution is -2.35. The van der Waals surface area contributed by atoms with Crippen molar-refractivity contribution in [3.8, 4) is 0 Å². The lowest BCUT2D eigenvalue weighted by Gasteiger charge is -2.26. The molecule has 0 aromatic carbocycles. The normalized spacial score (nSPS) is 23.8. The highest BCUT2D eigenvalue weighted by atomic mass is 32.2. The van der Waals surface area contributed by atoms with Crippen molar-refractivity contribution in [2.75, 3.05) is 11.5 Å². The first-order chi connectivity index (χ1) is 9.78. The lowest BCUT2D eigenvalue weighted by molar-refractivity contribution is 0.425. The van der Waals surface area contributed by atoms with E-state index >= 15 is 0 Å². The predicted molar refractivity (Wildman–Crippen MR) is 99.9 cm³/mol. The quantitative estimate of drug-likeness (QED) is 0.825. The summed E-state index contributed by atoms with van der Waals surface area (Å²) in [6.07, 6.45) is 0. The van der Waals surface area contributed by atoms with Gasteiger partial charge in [-0.05, 0) is 26.7 Å². The fraction of sp³-hybridized carbons (Fsp3) is 0.812. The van der Waals surface area contributed by atoms with Crippen LogP contribution < -0.4 is 5.32 Å². The van der Waals surface area contributed by atoms with Gasteiger partial charge in [0, 0.05) is 33.7 Å². The van der Waals surface area contributed by atoms with E-state index in [2.05, 4.69) is 70.4 Å². The third-order valence-electron chi connectivity index (χ3n) is 3.50. The predicted octanol–water partition coefficient (Wildman–Crippen LogP) is 5.06. The SMILES string of the molecule is CC(C)c1nc(C2SCCSC2C)sc1CNC(C)(C)C. The molecule has 2 unspecified atom stereocenters. The molecular weight excluding hydrogens is 316 g/mol. The van der Waals surface area contributed by atoms with Crippen LogP contribution in [0.5, 0.6) is 0 Å². The molecule has 0 amide bonds. The molecule has 2 heterocycles. The molecule has 2 nitrogen and oxygen atoms in total. The maximum atomic E-state index is 5.03. The topological polar surface area (TPSA) is 24.9 Å². The maximum Gasteiger partial charge on any atom is 0.107 e. The highest BCUT2D eigenvalue weighted by molar-refractivity contribution is 8.06. The van der Waals surface area contributed by atoms with Gasteiger partial charge >= 0.3 is 0 Å². The van der Waals surface area contributed by atoms with Crippen molar-refractivity contribution in [2.45, 2.75) is 70.0 Å². The van der Waals surface area contributed by atoms with Gasteiger partial charge in [-0.15, -0.1) is 23.1 Å². The number of thiazole rings is 1. The zero-order valence-electron chi connectivity index (χ0n) is 14.0. The van der Waals surface area contributed by atoms with Crippen LogP contribution in [0.2, 0.25) is 0 Å². The Labute approximate surface area is 142 Å². The summed E-state index contributed by atoms with van der Waals surface area (Å²) in [7, 11) is 0. The summed E-state index contributed by atoms with van der Waals surface area (Å²) < 4.78 is 0. The zero-order chi connectivity index (χ0) is 15.6. The first-order valence-electron chi connectivity index (χ1n) is 7.75. The van der Waals surface area contributed by atoms with E-state index in [-0.39, 0.29) is 5.54 Å². The fourth-order valence-corrected chi connectivity index (χ4v) is 6.65. The second-order valence-corrected chi connectivity index (χ2v) is 10.8. The van der Waals surface area contributed by atoms with Crippen LogP contribution in [0.25, 0.3) is 0 Å². The van der Waals surface area contributed by atoms with Crippen LogP contribution in [-0.4, -0.2) is 27.3 Å². The van der Waals surface area contributed by atoms with E-state index in [9.17, 15) is 0 Å². The van der Waals surface area contributed by atoms with E-state index in [0.717, 1.165) is 6.54 Å². The second-order valence-electron chi connectivity index (χ2n) is 6.99. The van der Waals surface area contributed by atoms with Crippen molar-refractivity contribution in [1.82, 2.24) is 10.3 Å². The number of nitrogens with zero attached hydrogens (tertiary/aromatic N) is 1. The molecule has 1 fully saturated rings. The van der Waals surface area contributed by atoms with Gasteiger partial charge in [0.15, 0.2) is 0 Å². The largest absolute Gasteiger partial charge is 0.307 e. The van der Waals surface area contributed by atoms with Gasteiger partial charge in [0.25, 0.3) is 0 Å². The number of hydrogen-bond donors (Lipinski definition) is 1. The summed E-state index contributed by atoms with van der Waals surface area (Å²) in [6.45, 7) is 14.5. The summed E-state index contributed by atoms with van der Waals surface area (Å²) in [5, 5.41) is 6.22. The molecule has 1 aliphatic heterocycles. The average Bonchev–Trinajstić information content (AvgIpc) is 2.80. The van der Waals surface area contributed by atoms with Gasteiger partial charge < -0.3 is 5.32 Å². The Bertz CT molecular complexity index is 463. The molecule has 0 spiro atoms. The van der Waals surface area contributed by atoms with Crippen LogP contribution >= 0.6 is 34.9 Å². The average molecular weight is 345 g/mol. The summed E-state index contributed by atoms with van der Waals surface area (Å²) in [6, 6.07) is 0. The van der Waals surface area contributed by atoms with Crippen LogP contribution in [0, 0.1) is 0 Å². The van der Waals surface area contributed by atoms with E-state index in [1.807, 2.05) is 11.3 Å². The van der Waals surface area contributed by atoms with Crippen molar-refractivity contribution in [2.24, 2.45) is 0 Å². The summed E-state index contributed by atoms with van der Waals surface area (Å²) >= 11 is 6.11. The standard InChI is InChI=1S/C16H28N2S3/c1-10(2)13-12(9-17-16(4,5)6)21-15(18-13)14-11(3)19-7-8-20-14/h10-11,14,17H,7-9H2,1-6H3. The summed E-state index contributed by atoms with van der Waals surface area (Å²) in [4.78, 5) is 6.46. The fourth-order valence-electron chi connectivity index (χ4n) is 2.33. The second kappa shape index (κ2) is 7.24. The van der Waals surface area contributed by atoms with Crippen LogP contribution in [0.15, 0.2) is 0 Å². The Kier molecular flexibility index (Phi) is 6.08. The minimum absolute atomic E-state index is 0.154. The molecule has 2 atom stereocenters. The van der Waals surface area contributed by atoms with E-state index in [1.54, 1.807) is 0 Å². The number of nitrogens with one attached hydrogen (secondary N) is 1. The van der Waals surface area contributed by atoms with Gasteiger partial charge in [-0.25, -0.2) is 4.98 Å². The van der Waals surface area contributed by atoms with Gasteiger partial charge in [-0.1, -0.05) is 20.8 Å². The Morgan fingerprint density at radius 2 is 1.90 bits per heavy atom. The maximum absolute atomic E-state index is 5.03. The third-order valence-corrected chi connectivity index (χ3v) is 7.90. The first-order valence-corrected chi connectivity index (χ1v) is 10.7. The first kappa shape index (κ1) is 17.6. The zero-order valence-corrected chi connectivity index (χ0v) is 16.5. The number of rotatable bonds is 4. The minimum atomic E-state index is 0.154. The molecule has 120 valence electrons. The Morgan fingerprint density at radius 1 is 1.24 bits per heavy atom. The number of aromatic nitrogens is 1. The third kappa shape index (κ3) is 4.88. The van der Waals surface area contributed by atoms with Crippen molar-refractivity contribution in [3.05, 3.63) is 15.6 Å². The van der Waals surface area contributed by atoms with Gasteiger partial charge in [-0.2, -0.15) is 11.8 Å². The Hall–Kier alpha value is 0.290. The van der Waals surface area contributed by atoms with Gasteiger partial charge in [0.2, 0.25) is 0 Å². The summed E-state index contributed by atoms with van der Waals surface area (Å²) in [5.41, 5.74) is 1.45. The smallest absolute Gasteiger partial charge is 0.107 e. The monoisotopic (exact) mass is 344 g/mol. The molecular formula is C16H28N2S3. The Balaban J connectivity index is 2.20. The van der Waals surface area contributed by atoms with Crippen LogP contribution in [0.3, 0.4) is 0 Å². The molecule has 1 aliphatic rings. The molecule has 21 heavy (non-hydrogen) atoms. The summed E-state index contributed by atoms with van der Waals surface area (Å²) in [5.74, 6) is 3.04. The molecule has 1 aromatic heterocycles. The molecule has 1 aromatic rings. The molecule has 1 saturated heterocycles. The van der Waals surface area contributed by atoms with Crippen LogP contribution in [0.1, 0.15) is 68.3 Å². The molecule has 2 rings (SSSR count). The number of hydrogen-bond acceptors (Lipinski definition) is 5. The van der Waals surface area contributed by atoms with E-state index in [0.29, 0.717) is 16.4 Å². The molecule has 0 saturated carbocycles. The van der Waals surface area contributed by atoms with E-state index in [4.69, 9.17) is 4.98 Å². The lowest BCUT2D eigenvalue weighted by atomic mass is 10.1. The van der Waals surface area contributed by atoms with Gasteiger partial charge in [0.05, 0.1) is 10.9 Å². The highest BCUT2D eigenvalue weighted by Gasteiger charge is 2.28. The van der Waals surface area contributed by atoms with Crippen molar-refractivity contribution >= 4 is 34.9 Å². The molecule has 0 bridgehead atoms. The van der Waals surface area contributed by atoms with Crippen molar-refractivity contribution in [3.63, 3.8) is 0 Å². The van der Waals surface area contributed by atoms with Crippen LogP contribution in [-0.2, 0) is 6.54 Å².